The molecule has 0 aliphatic heterocycles. The van der Waals surface area contributed by atoms with Crippen molar-refractivity contribution < 1.29 is 18.9 Å². The van der Waals surface area contributed by atoms with Crippen molar-refractivity contribution >= 4 is 22.7 Å². The van der Waals surface area contributed by atoms with E-state index in [2.05, 4.69) is 81.6 Å². The first-order valence-corrected chi connectivity index (χ1v) is 17.4. The third-order valence-corrected chi connectivity index (χ3v) is 9.04. The molecule has 0 spiro atoms. The van der Waals surface area contributed by atoms with Gasteiger partial charge in [-0.2, -0.15) is 0 Å². The van der Waals surface area contributed by atoms with Crippen molar-refractivity contribution in [3.63, 3.8) is 0 Å². The van der Waals surface area contributed by atoms with E-state index in [1.54, 1.807) is 22.7 Å². The summed E-state index contributed by atoms with van der Waals surface area (Å²) in [5, 5.41) is 2.11. The number of unbranched alkanes of at least 4 members (excludes halogenated alkanes) is 4. The van der Waals surface area contributed by atoms with Gasteiger partial charge in [-0.25, -0.2) is 0 Å². The highest BCUT2D eigenvalue weighted by molar-refractivity contribution is 7.19. The first-order chi connectivity index (χ1) is 20.7. The summed E-state index contributed by atoms with van der Waals surface area (Å²) >= 11 is 3.48. The summed E-state index contributed by atoms with van der Waals surface area (Å²) in [4.78, 5) is 3.48. The van der Waals surface area contributed by atoms with Crippen molar-refractivity contribution in [1.82, 2.24) is 0 Å². The fourth-order valence-corrected chi connectivity index (χ4v) is 6.27. The Morgan fingerprint density at radius 1 is 0.500 bits per heavy atom. The monoisotopic (exact) mass is 606 g/mol. The fourth-order valence-electron chi connectivity index (χ4n) is 4.47. The van der Waals surface area contributed by atoms with Crippen LogP contribution in [0.2, 0.25) is 0 Å². The lowest BCUT2D eigenvalue weighted by molar-refractivity contribution is 0.302. The van der Waals surface area contributed by atoms with Crippen LogP contribution in [0.1, 0.15) is 79.1 Å². The maximum atomic E-state index is 6.44. The maximum Gasteiger partial charge on any atom is 0.128 e. The number of benzene rings is 2. The van der Waals surface area contributed by atoms with E-state index in [-0.39, 0.29) is 0 Å². The van der Waals surface area contributed by atoms with Gasteiger partial charge in [-0.3, -0.25) is 0 Å². The lowest BCUT2D eigenvalue weighted by atomic mass is 10.1. The Balaban J connectivity index is 1.74. The van der Waals surface area contributed by atoms with Gasteiger partial charge < -0.3 is 18.9 Å². The van der Waals surface area contributed by atoms with Gasteiger partial charge in [-0.1, -0.05) is 59.4 Å². The van der Waals surface area contributed by atoms with Crippen LogP contribution in [0, 0.1) is 0 Å². The molecule has 226 valence electrons. The summed E-state index contributed by atoms with van der Waals surface area (Å²) < 4.78 is 25.2. The Hall–Kier alpha value is -2.96. The van der Waals surface area contributed by atoms with E-state index in [9.17, 15) is 0 Å². The Bertz CT molecular complexity index is 1340. The van der Waals surface area contributed by atoms with Crippen LogP contribution >= 0.6 is 22.7 Å². The molecule has 0 aliphatic rings. The second-order valence-corrected chi connectivity index (χ2v) is 12.5. The third kappa shape index (κ3) is 8.78. The minimum absolute atomic E-state index is 0.689. The summed E-state index contributed by atoms with van der Waals surface area (Å²) in [6.45, 7) is 11.6. The smallest absolute Gasteiger partial charge is 0.128 e. The fraction of sp³-hybridized carbons (Fsp3) is 0.444. The van der Waals surface area contributed by atoms with Gasteiger partial charge in [0.2, 0.25) is 0 Å². The van der Waals surface area contributed by atoms with Crippen molar-refractivity contribution in [2.75, 3.05) is 26.4 Å². The molecule has 0 saturated carbocycles. The summed E-state index contributed by atoms with van der Waals surface area (Å²) in [7, 11) is 0. The predicted molar refractivity (Wildman–Crippen MR) is 180 cm³/mol. The minimum Gasteiger partial charge on any atom is -0.494 e. The molecular formula is C36H46O4S2. The molecule has 2 aromatic carbocycles. The normalized spacial score (nSPS) is 11.0. The summed E-state index contributed by atoms with van der Waals surface area (Å²) in [6.07, 6.45) is 8.50. The molecule has 0 unspecified atom stereocenters. The lowest BCUT2D eigenvalue weighted by Gasteiger charge is -2.17. The molecule has 4 aromatic rings. The molecule has 0 atom stereocenters. The van der Waals surface area contributed by atoms with Gasteiger partial charge in [0.1, 0.15) is 23.0 Å². The summed E-state index contributed by atoms with van der Waals surface area (Å²) in [5.74, 6) is 3.59. The molecule has 2 heterocycles. The van der Waals surface area contributed by atoms with Crippen LogP contribution in [0.25, 0.3) is 31.3 Å². The molecule has 0 N–H and O–H groups in total. The van der Waals surface area contributed by atoms with E-state index in [4.69, 9.17) is 18.9 Å². The molecule has 0 saturated heterocycles. The zero-order valence-corrected chi connectivity index (χ0v) is 27.3. The molecule has 0 fully saturated rings. The van der Waals surface area contributed by atoms with E-state index in [0.717, 1.165) is 107 Å². The predicted octanol–water partition coefficient (Wildman–Crippen LogP) is 11.5. The van der Waals surface area contributed by atoms with Crippen molar-refractivity contribution in [3.8, 4) is 54.3 Å². The van der Waals surface area contributed by atoms with Crippen LogP contribution in [-0.4, -0.2) is 26.4 Å². The zero-order valence-electron chi connectivity index (χ0n) is 25.7. The average molecular weight is 607 g/mol. The number of thiophene rings is 2. The van der Waals surface area contributed by atoms with Crippen LogP contribution in [0.15, 0.2) is 60.0 Å². The maximum absolute atomic E-state index is 6.44. The molecule has 0 radical (unpaired) electrons. The van der Waals surface area contributed by atoms with Crippen LogP contribution in [0.3, 0.4) is 0 Å². The number of ether oxygens (including phenoxy) is 4. The molecule has 0 aliphatic carbocycles. The van der Waals surface area contributed by atoms with Crippen molar-refractivity contribution in [2.24, 2.45) is 0 Å². The number of hydrogen-bond acceptors (Lipinski definition) is 6. The van der Waals surface area contributed by atoms with Crippen molar-refractivity contribution in [1.29, 1.82) is 0 Å². The van der Waals surface area contributed by atoms with E-state index in [0.29, 0.717) is 19.8 Å². The topological polar surface area (TPSA) is 36.9 Å². The summed E-state index contributed by atoms with van der Waals surface area (Å²) in [5.41, 5.74) is 3.23. The molecule has 6 heteroatoms. The van der Waals surface area contributed by atoms with Gasteiger partial charge in [-0.05, 0) is 79.6 Å². The SMILES string of the molecule is CCCCOc1ccc(OCCCC)c(-c2ccc(-c3cc(OCCCC)c(-c4cccs4)cc3OCCCC)s2)c1. The molecule has 4 nitrogen and oxygen atoms in total. The number of rotatable bonds is 19. The second-order valence-electron chi connectivity index (χ2n) is 10.5. The van der Waals surface area contributed by atoms with E-state index >= 15 is 0 Å². The molecule has 0 bridgehead atoms. The van der Waals surface area contributed by atoms with E-state index < -0.39 is 0 Å². The van der Waals surface area contributed by atoms with Gasteiger partial charge in [0.05, 0.1) is 26.4 Å². The van der Waals surface area contributed by atoms with E-state index in [1.807, 2.05) is 6.07 Å². The van der Waals surface area contributed by atoms with Crippen LogP contribution in [0.5, 0.6) is 23.0 Å². The quantitative estimate of drug-likeness (QED) is 0.0995. The highest BCUT2D eigenvalue weighted by Gasteiger charge is 2.19. The van der Waals surface area contributed by atoms with Crippen molar-refractivity contribution in [2.45, 2.75) is 79.1 Å². The molecular weight excluding hydrogens is 561 g/mol. The molecule has 2 aromatic heterocycles. The first kappa shape index (κ1) is 32.0. The highest BCUT2D eigenvalue weighted by Crippen LogP contribution is 2.47. The first-order valence-electron chi connectivity index (χ1n) is 15.7. The number of hydrogen-bond donors (Lipinski definition) is 0. The van der Waals surface area contributed by atoms with E-state index in [1.165, 1.54) is 4.88 Å². The minimum atomic E-state index is 0.689. The Kier molecular flexibility index (Phi) is 13.1. The van der Waals surface area contributed by atoms with Gasteiger partial charge in [0.25, 0.3) is 0 Å². The average Bonchev–Trinajstić information content (AvgIpc) is 3.72. The van der Waals surface area contributed by atoms with Gasteiger partial charge >= 0.3 is 0 Å². The van der Waals surface area contributed by atoms with Crippen molar-refractivity contribution in [3.05, 3.63) is 60.0 Å². The van der Waals surface area contributed by atoms with Gasteiger partial charge in [0, 0.05) is 31.3 Å². The summed E-state index contributed by atoms with van der Waals surface area (Å²) in [6, 6.07) is 19.2. The second kappa shape index (κ2) is 17.2. The largest absolute Gasteiger partial charge is 0.494 e. The zero-order chi connectivity index (χ0) is 29.6. The van der Waals surface area contributed by atoms with Gasteiger partial charge in [0.15, 0.2) is 0 Å². The van der Waals surface area contributed by atoms with Crippen LogP contribution < -0.4 is 18.9 Å². The third-order valence-electron chi connectivity index (χ3n) is 6.99. The Morgan fingerprint density at radius 3 is 1.52 bits per heavy atom. The Labute approximate surface area is 260 Å². The Morgan fingerprint density at radius 2 is 1.00 bits per heavy atom. The highest BCUT2D eigenvalue weighted by atomic mass is 32.1. The molecule has 42 heavy (non-hydrogen) atoms. The molecule has 4 rings (SSSR count). The van der Waals surface area contributed by atoms with Crippen LogP contribution in [0.4, 0.5) is 0 Å². The lowest BCUT2D eigenvalue weighted by Crippen LogP contribution is -2.02. The van der Waals surface area contributed by atoms with Crippen LogP contribution in [-0.2, 0) is 0 Å². The molecule has 0 amide bonds. The standard InChI is InChI=1S/C36H46O4S2/c1-5-9-19-37-27-15-16-31(38-20-10-6-2)28(24-27)35-17-18-36(42-35)30-26-32(39-21-11-7-3)29(34-14-13-23-41-34)25-33(30)40-22-12-8-4/h13-18,23-26H,5-12,19-22H2,1-4H3. The van der Waals surface area contributed by atoms with Gasteiger partial charge in [-0.15, -0.1) is 22.7 Å².